The minimum atomic E-state index is -1.37. The van der Waals surface area contributed by atoms with E-state index in [0.717, 1.165) is 32.4 Å². The monoisotopic (exact) mass is 392 g/mol. The highest BCUT2D eigenvalue weighted by atomic mass is 19.1. The van der Waals surface area contributed by atoms with E-state index in [-0.39, 0.29) is 18.3 Å². The number of aliphatic hydroxyl groups is 1. The maximum absolute atomic E-state index is 14.2. The average Bonchev–Trinajstić information content (AvgIpc) is 2.81. The highest BCUT2D eigenvalue weighted by molar-refractivity contribution is 5.86. The van der Waals surface area contributed by atoms with Crippen LogP contribution in [0.25, 0.3) is 0 Å². The van der Waals surface area contributed by atoms with Crippen LogP contribution in [0.4, 0.5) is 4.39 Å². The SMILES string of the molecule is COc1ccc(F)c(CN2CCC[C@@](O)(CN3CCCCCCCC3)C2=O)c1. The number of amides is 1. The van der Waals surface area contributed by atoms with Gasteiger partial charge in [0.05, 0.1) is 7.11 Å². The summed E-state index contributed by atoms with van der Waals surface area (Å²) in [7, 11) is 1.54. The van der Waals surface area contributed by atoms with Crippen molar-refractivity contribution in [1.82, 2.24) is 9.80 Å². The number of carbonyl (C=O) groups is 1. The van der Waals surface area contributed by atoms with Crippen molar-refractivity contribution in [3.05, 3.63) is 29.6 Å². The molecule has 6 heteroatoms. The first-order chi connectivity index (χ1) is 13.5. The van der Waals surface area contributed by atoms with Crippen LogP contribution in [0.1, 0.15) is 56.9 Å². The fourth-order valence-electron chi connectivity index (χ4n) is 4.39. The molecule has 0 spiro atoms. The summed E-state index contributed by atoms with van der Waals surface area (Å²) in [5, 5.41) is 11.2. The Balaban J connectivity index is 1.68. The van der Waals surface area contributed by atoms with Crippen LogP contribution in [0.3, 0.4) is 0 Å². The molecule has 0 aliphatic carbocycles. The second kappa shape index (κ2) is 9.70. The molecule has 0 unspecified atom stereocenters. The molecule has 2 fully saturated rings. The average molecular weight is 393 g/mol. The van der Waals surface area contributed by atoms with Crippen molar-refractivity contribution in [3.8, 4) is 5.75 Å². The standard InChI is InChI=1S/C22H33FN2O3/c1-28-19-9-10-20(23)18(15-19)16-25-14-8-11-22(27,21(25)26)17-24-12-6-4-2-3-5-7-13-24/h9-10,15,27H,2-8,11-14,16-17H2,1H3/t22-/m1/s1. The molecular formula is C22H33FN2O3. The number of likely N-dealkylation sites (tertiary alicyclic amines) is 1. The Hall–Kier alpha value is -1.66. The van der Waals surface area contributed by atoms with Gasteiger partial charge < -0.3 is 14.7 Å². The van der Waals surface area contributed by atoms with Crippen LogP contribution in [-0.2, 0) is 11.3 Å². The highest BCUT2D eigenvalue weighted by Crippen LogP contribution is 2.27. The van der Waals surface area contributed by atoms with E-state index in [4.69, 9.17) is 4.74 Å². The van der Waals surface area contributed by atoms with Gasteiger partial charge in [0, 0.05) is 25.2 Å². The van der Waals surface area contributed by atoms with Crippen molar-refractivity contribution in [3.63, 3.8) is 0 Å². The molecule has 156 valence electrons. The van der Waals surface area contributed by atoms with E-state index in [0.29, 0.717) is 30.8 Å². The molecule has 0 bridgehead atoms. The second-order valence-corrected chi connectivity index (χ2v) is 8.22. The molecule has 1 amide bonds. The van der Waals surface area contributed by atoms with Crippen LogP contribution in [-0.4, -0.2) is 59.7 Å². The van der Waals surface area contributed by atoms with Crippen LogP contribution >= 0.6 is 0 Å². The Labute approximate surface area is 167 Å². The maximum Gasteiger partial charge on any atom is 0.256 e. The quantitative estimate of drug-likeness (QED) is 0.835. The van der Waals surface area contributed by atoms with Gasteiger partial charge in [0.2, 0.25) is 0 Å². The van der Waals surface area contributed by atoms with E-state index < -0.39 is 5.60 Å². The van der Waals surface area contributed by atoms with Crippen LogP contribution in [0.15, 0.2) is 18.2 Å². The third-order valence-electron chi connectivity index (χ3n) is 6.00. The number of β-amino-alcohol motifs (C(OH)–C–C–N with tert-alkyl or cyclic N) is 1. The summed E-state index contributed by atoms with van der Waals surface area (Å²) in [4.78, 5) is 17.0. The van der Waals surface area contributed by atoms with Crippen molar-refractivity contribution >= 4 is 5.91 Å². The molecule has 1 N–H and O–H groups in total. The third kappa shape index (κ3) is 5.23. The molecule has 28 heavy (non-hydrogen) atoms. The Morgan fingerprint density at radius 1 is 1.07 bits per heavy atom. The van der Waals surface area contributed by atoms with Gasteiger partial charge in [-0.3, -0.25) is 9.69 Å². The van der Waals surface area contributed by atoms with Gasteiger partial charge in [-0.1, -0.05) is 25.7 Å². The zero-order valence-electron chi connectivity index (χ0n) is 17.0. The molecule has 2 heterocycles. The number of hydrogen-bond donors (Lipinski definition) is 1. The predicted molar refractivity (Wildman–Crippen MR) is 107 cm³/mol. The number of hydrogen-bond acceptors (Lipinski definition) is 4. The summed E-state index contributed by atoms with van der Waals surface area (Å²) in [6, 6.07) is 4.55. The van der Waals surface area contributed by atoms with Gasteiger partial charge >= 0.3 is 0 Å². The lowest BCUT2D eigenvalue weighted by molar-refractivity contribution is -0.160. The first kappa shape index (κ1) is 21.1. The van der Waals surface area contributed by atoms with E-state index in [1.807, 2.05) is 0 Å². The number of piperidine rings is 1. The number of carbonyl (C=O) groups excluding carboxylic acids is 1. The normalized spacial score (nSPS) is 25.1. The van der Waals surface area contributed by atoms with Crippen LogP contribution in [0, 0.1) is 5.82 Å². The molecule has 2 aliphatic rings. The van der Waals surface area contributed by atoms with E-state index in [9.17, 15) is 14.3 Å². The van der Waals surface area contributed by atoms with Crippen molar-refractivity contribution in [1.29, 1.82) is 0 Å². The van der Waals surface area contributed by atoms with Crippen LogP contribution in [0.2, 0.25) is 0 Å². The number of ether oxygens (including phenoxy) is 1. The van der Waals surface area contributed by atoms with E-state index >= 15 is 0 Å². The zero-order valence-corrected chi connectivity index (χ0v) is 17.0. The minimum Gasteiger partial charge on any atom is -0.497 e. The first-order valence-corrected chi connectivity index (χ1v) is 10.6. The third-order valence-corrected chi connectivity index (χ3v) is 6.00. The van der Waals surface area contributed by atoms with Gasteiger partial charge in [-0.2, -0.15) is 0 Å². The molecule has 0 aromatic heterocycles. The van der Waals surface area contributed by atoms with Gasteiger partial charge in [-0.05, 0) is 57.0 Å². The number of nitrogens with zero attached hydrogens (tertiary/aromatic N) is 2. The minimum absolute atomic E-state index is 0.157. The Kier molecular flexibility index (Phi) is 7.30. The lowest BCUT2D eigenvalue weighted by Gasteiger charge is -2.41. The van der Waals surface area contributed by atoms with Crippen molar-refractivity contribution in [2.45, 2.75) is 63.5 Å². The van der Waals surface area contributed by atoms with Gasteiger partial charge in [-0.25, -0.2) is 4.39 Å². The van der Waals surface area contributed by atoms with Gasteiger partial charge in [0.25, 0.3) is 5.91 Å². The molecule has 0 radical (unpaired) electrons. The molecular weight excluding hydrogens is 359 g/mol. The van der Waals surface area contributed by atoms with E-state index in [1.54, 1.807) is 17.0 Å². The lowest BCUT2D eigenvalue weighted by Crippen LogP contribution is -2.58. The van der Waals surface area contributed by atoms with Crippen molar-refractivity contribution in [2.75, 3.05) is 33.3 Å². The summed E-state index contributed by atoms with van der Waals surface area (Å²) in [6.07, 6.45) is 8.40. The smallest absolute Gasteiger partial charge is 0.256 e. The number of halogens is 1. The summed E-state index contributed by atoms with van der Waals surface area (Å²) < 4.78 is 19.4. The molecule has 2 saturated heterocycles. The highest BCUT2D eigenvalue weighted by Gasteiger charge is 2.43. The summed E-state index contributed by atoms with van der Waals surface area (Å²) in [6.45, 7) is 2.94. The van der Waals surface area contributed by atoms with Gasteiger partial charge in [0.1, 0.15) is 11.6 Å². The number of rotatable bonds is 5. The topological polar surface area (TPSA) is 53.0 Å². The molecule has 0 saturated carbocycles. The maximum atomic E-state index is 14.2. The Morgan fingerprint density at radius 3 is 2.43 bits per heavy atom. The molecule has 1 atom stereocenters. The predicted octanol–water partition coefficient (Wildman–Crippen LogP) is 3.34. The van der Waals surface area contributed by atoms with Gasteiger partial charge in [-0.15, -0.1) is 0 Å². The number of methoxy groups -OCH3 is 1. The fraction of sp³-hybridized carbons (Fsp3) is 0.682. The lowest BCUT2D eigenvalue weighted by atomic mass is 9.90. The Bertz CT molecular complexity index is 659. The van der Waals surface area contributed by atoms with E-state index in [1.165, 1.54) is 38.9 Å². The molecule has 1 aromatic rings. The summed E-state index contributed by atoms with van der Waals surface area (Å²) in [5.41, 5.74) is -0.957. The Morgan fingerprint density at radius 2 is 1.75 bits per heavy atom. The van der Waals surface area contributed by atoms with E-state index in [2.05, 4.69) is 4.90 Å². The van der Waals surface area contributed by atoms with Crippen molar-refractivity contribution < 1.29 is 19.0 Å². The summed E-state index contributed by atoms with van der Waals surface area (Å²) >= 11 is 0. The fourth-order valence-corrected chi connectivity index (χ4v) is 4.39. The zero-order chi connectivity index (χ0) is 20.0. The molecule has 5 nitrogen and oxygen atoms in total. The van der Waals surface area contributed by atoms with Gasteiger partial charge in [0.15, 0.2) is 5.60 Å². The number of benzene rings is 1. The molecule has 3 rings (SSSR count). The largest absolute Gasteiger partial charge is 0.497 e. The molecule has 1 aromatic carbocycles. The van der Waals surface area contributed by atoms with Crippen molar-refractivity contribution in [2.24, 2.45) is 0 Å². The summed E-state index contributed by atoms with van der Waals surface area (Å²) in [5.74, 6) is -0.0728. The van der Waals surface area contributed by atoms with Crippen LogP contribution in [0.5, 0.6) is 5.75 Å². The first-order valence-electron chi connectivity index (χ1n) is 10.6. The van der Waals surface area contributed by atoms with Crippen LogP contribution < -0.4 is 4.74 Å². The molecule has 2 aliphatic heterocycles. The second-order valence-electron chi connectivity index (χ2n) is 8.22.